The van der Waals surface area contributed by atoms with Crippen molar-refractivity contribution in [3.63, 3.8) is 0 Å². The van der Waals surface area contributed by atoms with Crippen LogP contribution >= 0.6 is 0 Å². The molecule has 2 atom stereocenters. The summed E-state index contributed by atoms with van der Waals surface area (Å²) < 4.78 is 8.00. The fourth-order valence-electron chi connectivity index (χ4n) is 5.53. The Kier molecular flexibility index (Phi) is 4.39. The fourth-order valence-corrected chi connectivity index (χ4v) is 5.53. The highest BCUT2D eigenvalue weighted by Crippen LogP contribution is 2.55. The summed E-state index contributed by atoms with van der Waals surface area (Å²) >= 11 is 0. The number of likely N-dealkylation sites (tertiary alicyclic amines) is 2. The van der Waals surface area contributed by atoms with E-state index >= 15 is 0 Å². The van der Waals surface area contributed by atoms with E-state index in [-0.39, 0.29) is 18.2 Å². The van der Waals surface area contributed by atoms with Crippen LogP contribution in [0.1, 0.15) is 51.0 Å². The van der Waals surface area contributed by atoms with Gasteiger partial charge in [-0.2, -0.15) is 5.10 Å². The minimum atomic E-state index is -0.0124. The lowest BCUT2D eigenvalue weighted by Crippen LogP contribution is -2.73. The number of urea groups is 1. The number of piperidine rings is 1. The van der Waals surface area contributed by atoms with Gasteiger partial charge in [0.2, 0.25) is 0 Å². The van der Waals surface area contributed by atoms with Crippen molar-refractivity contribution in [2.45, 2.75) is 63.1 Å². The van der Waals surface area contributed by atoms with Gasteiger partial charge in [0.25, 0.3) is 0 Å². The quantitative estimate of drug-likeness (QED) is 0.885. The summed E-state index contributed by atoms with van der Waals surface area (Å²) in [6.45, 7) is 3.92. The van der Waals surface area contributed by atoms with Crippen molar-refractivity contribution >= 4 is 11.8 Å². The topological polar surface area (TPSA) is 62.6 Å². The number of carbonyl (C=O) groups excluding carboxylic acids is 1. The number of aromatic nitrogens is 2. The third kappa shape index (κ3) is 3.05. The smallest absolute Gasteiger partial charge is 0.323 e. The van der Waals surface area contributed by atoms with E-state index in [9.17, 15) is 4.79 Å². The summed E-state index contributed by atoms with van der Waals surface area (Å²) in [4.78, 5) is 17.3. The Labute approximate surface area is 161 Å². The molecule has 1 N–H and O–H groups in total. The summed E-state index contributed by atoms with van der Waals surface area (Å²) in [6.07, 6.45) is 10.4. The van der Waals surface area contributed by atoms with Gasteiger partial charge in [-0.25, -0.2) is 4.79 Å². The predicted molar refractivity (Wildman–Crippen MR) is 103 cm³/mol. The lowest BCUT2D eigenvalue weighted by molar-refractivity contribution is -0.146. The monoisotopic (exact) mass is 373 g/mol. The summed E-state index contributed by atoms with van der Waals surface area (Å²) in [5.41, 5.74) is 0.333. The Morgan fingerprint density at radius 3 is 2.74 bits per heavy atom. The fraction of sp³-hybridized carbons (Fsp3) is 0.800. The molecule has 0 aromatic carbocycles. The van der Waals surface area contributed by atoms with E-state index in [1.54, 1.807) is 0 Å². The van der Waals surface area contributed by atoms with Crippen LogP contribution in [0.3, 0.4) is 0 Å². The molecular formula is C20H31N5O2. The van der Waals surface area contributed by atoms with Gasteiger partial charge in [-0.05, 0) is 58.7 Å². The normalized spacial score (nSPS) is 30.9. The SMILES string of the molecule is CN1CCC(n2ccc(NC(=O)N3CC4(CCC4)C3C3CCCO3)n2)CC1. The van der Waals surface area contributed by atoms with Crippen LogP contribution in [0, 0.1) is 5.41 Å². The van der Waals surface area contributed by atoms with Crippen molar-refractivity contribution < 1.29 is 9.53 Å². The lowest BCUT2D eigenvalue weighted by Gasteiger charge is -2.63. The van der Waals surface area contributed by atoms with Gasteiger partial charge in [-0.3, -0.25) is 10.00 Å². The molecule has 2 amide bonds. The Morgan fingerprint density at radius 1 is 1.26 bits per heavy atom. The number of anilines is 1. The number of amides is 2. The number of hydrogen-bond donors (Lipinski definition) is 1. The molecule has 4 heterocycles. The molecule has 1 spiro atoms. The molecule has 0 radical (unpaired) electrons. The largest absolute Gasteiger partial charge is 0.376 e. The van der Waals surface area contributed by atoms with E-state index in [1.165, 1.54) is 19.3 Å². The number of carbonyl (C=O) groups is 1. The van der Waals surface area contributed by atoms with Crippen LogP contribution in [-0.2, 0) is 4.74 Å². The first-order valence-corrected chi connectivity index (χ1v) is 10.6. The molecule has 1 aliphatic carbocycles. The lowest BCUT2D eigenvalue weighted by atomic mass is 9.56. The van der Waals surface area contributed by atoms with Gasteiger partial charge in [0, 0.05) is 30.8 Å². The van der Waals surface area contributed by atoms with E-state index in [0.29, 0.717) is 17.3 Å². The van der Waals surface area contributed by atoms with Gasteiger partial charge in [0.05, 0.1) is 18.2 Å². The van der Waals surface area contributed by atoms with E-state index < -0.39 is 0 Å². The zero-order valence-electron chi connectivity index (χ0n) is 16.3. The standard InChI is InChI=1S/C20H31N5O2/c1-23-10-5-15(6-11-23)25-12-7-17(22-25)21-19(26)24-14-20(8-3-9-20)18(24)16-4-2-13-27-16/h7,12,15-16,18H,2-6,8-11,13-14H2,1H3,(H,21,22,26). The highest BCUT2D eigenvalue weighted by molar-refractivity contribution is 5.89. The molecular weight excluding hydrogens is 342 g/mol. The van der Waals surface area contributed by atoms with Crippen LogP contribution in [0.25, 0.3) is 0 Å². The summed E-state index contributed by atoms with van der Waals surface area (Å²) in [7, 11) is 2.16. The molecule has 1 aromatic rings. The highest BCUT2D eigenvalue weighted by Gasteiger charge is 2.60. The molecule has 4 fully saturated rings. The molecule has 1 saturated carbocycles. The predicted octanol–water partition coefficient (Wildman–Crippen LogP) is 2.72. The molecule has 148 valence electrons. The minimum absolute atomic E-state index is 0.0124. The number of ether oxygens (including phenoxy) is 1. The number of nitrogens with zero attached hydrogens (tertiary/aromatic N) is 4. The van der Waals surface area contributed by atoms with Crippen LogP contribution in [0.5, 0.6) is 0 Å². The van der Waals surface area contributed by atoms with E-state index in [1.807, 2.05) is 21.8 Å². The van der Waals surface area contributed by atoms with Crippen LogP contribution in [-0.4, -0.2) is 71.0 Å². The van der Waals surface area contributed by atoms with Gasteiger partial charge in [-0.1, -0.05) is 6.42 Å². The van der Waals surface area contributed by atoms with Crippen molar-refractivity contribution in [2.24, 2.45) is 5.41 Å². The second-order valence-corrected chi connectivity index (χ2v) is 8.99. The molecule has 2 unspecified atom stereocenters. The maximum atomic E-state index is 12.9. The zero-order valence-corrected chi connectivity index (χ0v) is 16.3. The van der Waals surface area contributed by atoms with Crippen LogP contribution in [0.15, 0.2) is 12.3 Å². The maximum absolute atomic E-state index is 12.9. The Balaban J connectivity index is 1.23. The Morgan fingerprint density at radius 2 is 2.07 bits per heavy atom. The summed E-state index contributed by atoms with van der Waals surface area (Å²) in [5.74, 6) is 0.666. The highest BCUT2D eigenvalue weighted by atomic mass is 16.5. The van der Waals surface area contributed by atoms with E-state index in [4.69, 9.17) is 4.74 Å². The third-order valence-corrected chi connectivity index (χ3v) is 7.28. The van der Waals surface area contributed by atoms with Crippen molar-refractivity contribution in [3.8, 4) is 0 Å². The van der Waals surface area contributed by atoms with Crippen molar-refractivity contribution in [1.82, 2.24) is 19.6 Å². The first kappa shape index (κ1) is 17.5. The third-order valence-electron chi connectivity index (χ3n) is 7.28. The number of rotatable bonds is 3. The Bertz CT molecular complexity index is 686. The van der Waals surface area contributed by atoms with Gasteiger partial charge >= 0.3 is 6.03 Å². The molecule has 7 heteroatoms. The molecule has 3 aliphatic heterocycles. The summed E-state index contributed by atoms with van der Waals surface area (Å²) in [6, 6.07) is 2.61. The molecule has 1 aromatic heterocycles. The zero-order chi connectivity index (χ0) is 18.4. The van der Waals surface area contributed by atoms with Crippen molar-refractivity contribution in [1.29, 1.82) is 0 Å². The molecule has 4 aliphatic rings. The van der Waals surface area contributed by atoms with Crippen LogP contribution in [0.2, 0.25) is 0 Å². The van der Waals surface area contributed by atoms with Gasteiger partial charge < -0.3 is 14.5 Å². The molecule has 3 saturated heterocycles. The van der Waals surface area contributed by atoms with Crippen molar-refractivity contribution in [2.75, 3.05) is 38.6 Å². The second-order valence-electron chi connectivity index (χ2n) is 8.99. The van der Waals surface area contributed by atoms with Crippen molar-refractivity contribution in [3.05, 3.63) is 12.3 Å². The van der Waals surface area contributed by atoms with Crippen LogP contribution in [0.4, 0.5) is 10.6 Å². The number of nitrogens with one attached hydrogen (secondary N) is 1. The maximum Gasteiger partial charge on any atom is 0.323 e. The molecule has 27 heavy (non-hydrogen) atoms. The second kappa shape index (κ2) is 6.78. The number of hydrogen-bond acceptors (Lipinski definition) is 4. The van der Waals surface area contributed by atoms with E-state index in [0.717, 1.165) is 51.9 Å². The average molecular weight is 374 g/mol. The molecule has 5 rings (SSSR count). The van der Waals surface area contributed by atoms with E-state index in [2.05, 4.69) is 22.4 Å². The first-order valence-electron chi connectivity index (χ1n) is 10.6. The Hall–Kier alpha value is -1.60. The summed E-state index contributed by atoms with van der Waals surface area (Å²) in [5, 5.41) is 7.68. The van der Waals surface area contributed by atoms with Crippen LogP contribution < -0.4 is 5.32 Å². The first-order chi connectivity index (χ1) is 13.1. The van der Waals surface area contributed by atoms with Gasteiger partial charge in [-0.15, -0.1) is 0 Å². The molecule has 0 bridgehead atoms. The molecule has 7 nitrogen and oxygen atoms in total. The minimum Gasteiger partial charge on any atom is -0.376 e. The average Bonchev–Trinajstić information content (AvgIpc) is 3.26. The van der Waals surface area contributed by atoms with Gasteiger partial charge in [0.1, 0.15) is 0 Å². The van der Waals surface area contributed by atoms with Gasteiger partial charge in [0.15, 0.2) is 5.82 Å².